The zero-order chi connectivity index (χ0) is 25.0. The first-order valence-corrected chi connectivity index (χ1v) is 11.3. The fraction of sp³-hybridized carbons (Fsp3) is 0.263. The summed E-state index contributed by atoms with van der Waals surface area (Å²) in [6.45, 7) is 1.68. The maximum absolute atomic E-state index is 13.3. The summed E-state index contributed by atoms with van der Waals surface area (Å²) in [6, 6.07) is 5.49. The van der Waals surface area contributed by atoms with Crippen molar-refractivity contribution >= 4 is 41.8 Å². The summed E-state index contributed by atoms with van der Waals surface area (Å²) in [5, 5.41) is 12.6. The number of halogens is 4. The van der Waals surface area contributed by atoms with Crippen LogP contribution in [0.5, 0.6) is 11.5 Å². The van der Waals surface area contributed by atoms with Gasteiger partial charge in [-0.15, -0.1) is 0 Å². The monoisotopic (exact) mass is 508 g/mol. The van der Waals surface area contributed by atoms with E-state index in [4.69, 9.17) is 20.9 Å². The quantitative estimate of drug-likeness (QED) is 0.312. The lowest BCUT2D eigenvalue weighted by atomic mass is 10.2. The number of nitrogens with one attached hydrogen (secondary N) is 1. The molecule has 0 aromatic heterocycles. The third-order valence-electron chi connectivity index (χ3n) is 4.13. The Kier molecular flexibility index (Phi) is 8.23. The van der Waals surface area contributed by atoms with Gasteiger partial charge >= 0.3 is 6.18 Å². The molecular weight excluding hydrogens is 492 g/mol. The molecule has 0 saturated heterocycles. The number of imide groups is 1. The molecule has 33 heavy (non-hydrogen) atoms. The molecule has 1 unspecified atom stereocenters. The maximum atomic E-state index is 13.3. The van der Waals surface area contributed by atoms with Crippen molar-refractivity contribution in [1.29, 1.82) is 0 Å². The van der Waals surface area contributed by atoms with E-state index in [9.17, 15) is 37.4 Å². The van der Waals surface area contributed by atoms with Gasteiger partial charge in [-0.2, -0.15) is 13.2 Å². The minimum Gasteiger partial charge on any atom is -0.456 e. The van der Waals surface area contributed by atoms with Gasteiger partial charge in [-0.05, 0) is 24.3 Å². The normalized spacial score (nSPS) is 13.2. The summed E-state index contributed by atoms with van der Waals surface area (Å²) >= 11 is 5.87. The molecule has 2 rings (SSSR count). The summed E-state index contributed by atoms with van der Waals surface area (Å²) in [4.78, 5) is 33.3. The largest absolute Gasteiger partial charge is 0.456 e. The van der Waals surface area contributed by atoms with Crippen molar-refractivity contribution in [2.45, 2.75) is 20.0 Å². The summed E-state index contributed by atoms with van der Waals surface area (Å²) in [7, 11) is -3.99. The van der Waals surface area contributed by atoms with Crippen molar-refractivity contribution in [1.82, 2.24) is 5.32 Å². The molecule has 0 radical (unpaired) electrons. The van der Waals surface area contributed by atoms with Crippen LogP contribution in [0.1, 0.15) is 19.4 Å². The summed E-state index contributed by atoms with van der Waals surface area (Å²) in [5.41, 5.74) is -1.59. The van der Waals surface area contributed by atoms with Gasteiger partial charge in [0.2, 0.25) is 13.3 Å². The number of nitrogens with zero attached hydrogens (tertiary/aromatic N) is 1. The van der Waals surface area contributed by atoms with Crippen LogP contribution < -0.4 is 15.4 Å². The van der Waals surface area contributed by atoms with Gasteiger partial charge in [0.1, 0.15) is 23.4 Å². The van der Waals surface area contributed by atoms with Gasteiger partial charge in [-0.1, -0.05) is 18.5 Å². The number of rotatable bonds is 8. The molecule has 0 spiro atoms. The molecule has 0 aliphatic rings. The molecule has 1 atom stereocenters. The van der Waals surface area contributed by atoms with Crippen molar-refractivity contribution in [3.8, 4) is 11.5 Å². The van der Waals surface area contributed by atoms with E-state index >= 15 is 0 Å². The van der Waals surface area contributed by atoms with Crippen molar-refractivity contribution in [2.24, 2.45) is 0 Å². The minimum absolute atomic E-state index is 0.122. The SMILES string of the molecule is CCP(=O)(OCC(=O)NC(C)=O)c1cc(Oc2ccc(C(F)(F)F)cc2Cl)ccc1[N+](=O)[O-]. The lowest BCUT2D eigenvalue weighted by Crippen LogP contribution is -2.31. The minimum atomic E-state index is -4.62. The second-order valence-electron chi connectivity index (χ2n) is 6.52. The molecule has 0 aliphatic heterocycles. The summed E-state index contributed by atoms with van der Waals surface area (Å²) < 4.78 is 62.4. The average Bonchev–Trinajstić information content (AvgIpc) is 2.72. The van der Waals surface area contributed by atoms with Gasteiger partial charge in [0.15, 0.2) is 0 Å². The number of alkyl halides is 3. The Balaban J connectivity index is 2.41. The Bertz CT molecular complexity index is 1140. The molecule has 0 bridgehead atoms. The molecule has 0 heterocycles. The lowest BCUT2D eigenvalue weighted by Gasteiger charge is -2.18. The third-order valence-corrected chi connectivity index (χ3v) is 6.90. The van der Waals surface area contributed by atoms with Crippen LogP contribution in [0.2, 0.25) is 5.02 Å². The number of ether oxygens (including phenoxy) is 1. The van der Waals surface area contributed by atoms with E-state index in [0.29, 0.717) is 6.07 Å². The zero-order valence-corrected chi connectivity index (χ0v) is 18.8. The number of hydrogen-bond donors (Lipinski definition) is 1. The Morgan fingerprint density at radius 2 is 1.88 bits per heavy atom. The molecule has 14 heteroatoms. The zero-order valence-electron chi connectivity index (χ0n) is 17.1. The van der Waals surface area contributed by atoms with Gasteiger partial charge in [-0.3, -0.25) is 29.6 Å². The lowest BCUT2D eigenvalue weighted by molar-refractivity contribution is -0.383. The molecule has 0 fully saturated rings. The van der Waals surface area contributed by atoms with Crippen LogP contribution in [-0.2, 0) is 24.9 Å². The Morgan fingerprint density at radius 3 is 2.39 bits per heavy atom. The van der Waals surface area contributed by atoms with Crippen molar-refractivity contribution < 1.29 is 41.5 Å². The van der Waals surface area contributed by atoms with Gasteiger partial charge in [0.05, 0.1) is 15.5 Å². The van der Waals surface area contributed by atoms with E-state index in [1.54, 1.807) is 0 Å². The fourth-order valence-corrected chi connectivity index (χ4v) is 4.64. The number of nitro groups is 1. The number of amides is 2. The topological polar surface area (TPSA) is 125 Å². The Labute approximate surface area is 190 Å². The van der Waals surface area contributed by atoms with Gasteiger partial charge < -0.3 is 9.26 Å². The van der Waals surface area contributed by atoms with Crippen LogP contribution in [0.3, 0.4) is 0 Å². The molecule has 0 saturated carbocycles. The first-order chi connectivity index (χ1) is 15.3. The number of nitro benzene ring substituents is 1. The second kappa shape index (κ2) is 10.3. The first kappa shape index (κ1) is 26.3. The molecule has 2 amide bonds. The van der Waals surface area contributed by atoms with Crippen LogP contribution in [0.4, 0.5) is 18.9 Å². The predicted molar refractivity (Wildman–Crippen MR) is 112 cm³/mol. The molecule has 9 nitrogen and oxygen atoms in total. The molecule has 1 N–H and O–H groups in total. The van der Waals surface area contributed by atoms with E-state index in [0.717, 1.165) is 37.3 Å². The fourth-order valence-electron chi connectivity index (χ4n) is 2.61. The number of benzene rings is 2. The van der Waals surface area contributed by atoms with E-state index in [1.165, 1.54) is 6.92 Å². The van der Waals surface area contributed by atoms with E-state index in [2.05, 4.69) is 0 Å². The van der Waals surface area contributed by atoms with Crippen molar-refractivity contribution in [3.63, 3.8) is 0 Å². The van der Waals surface area contributed by atoms with Crippen LogP contribution >= 0.6 is 19.0 Å². The Hall–Kier alpha value is -2.95. The van der Waals surface area contributed by atoms with Gasteiger partial charge in [0, 0.05) is 25.2 Å². The van der Waals surface area contributed by atoms with Crippen LogP contribution in [0.15, 0.2) is 36.4 Å². The van der Waals surface area contributed by atoms with Crippen LogP contribution in [-0.4, -0.2) is 29.5 Å². The average molecular weight is 509 g/mol. The molecule has 2 aromatic rings. The highest BCUT2D eigenvalue weighted by molar-refractivity contribution is 7.67. The first-order valence-electron chi connectivity index (χ1n) is 9.14. The predicted octanol–water partition coefficient (Wildman–Crippen LogP) is 4.66. The van der Waals surface area contributed by atoms with Gasteiger partial charge in [-0.25, -0.2) is 0 Å². The van der Waals surface area contributed by atoms with Crippen LogP contribution in [0.25, 0.3) is 0 Å². The van der Waals surface area contributed by atoms with Crippen LogP contribution in [0, 0.1) is 10.1 Å². The van der Waals surface area contributed by atoms with E-state index in [-0.39, 0.29) is 28.0 Å². The molecule has 2 aromatic carbocycles. The maximum Gasteiger partial charge on any atom is 0.416 e. The van der Waals surface area contributed by atoms with E-state index in [1.807, 2.05) is 5.32 Å². The highest BCUT2D eigenvalue weighted by Crippen LogP contribution is 2.48. The van der Waals surface area contributed by atoms with Crippen molar-refractivity contribution in [2.75, 3.05) is 12.8 Å². The van der Waals surface area contributed by atoms with E-state index < -0.39 is 48.1 Å². The second-order valence-corrected chi connectivity index (χ2v) is 9.65. The summed E-state index contributed by atoms with van der Waals surface area (Å²) in [6.07, 6.45) is -4.87. The van der Waals surface area contributed by atoms with Gasteiger partial charge in [0.25, 0.3) is 11.6 Å². The molecule has 0 aliphatic carbocycles. The smallest absolute Gasteiger partial charge is 0.416 e. The standard InChI is InChI=1S/C19H17ClF3N2O7P/c1-3-33(30,31-10-18(27)24-11(2)26)17-9-13(5-6-15(17)25(28)29)32-16-7-4-12(8-14(16)20)19(21,22)23/h4-9H,3,10H2,1-2H3,(H,24,26,27). The number of carbonyl (C=O) groups excluding carboxylic acids is 2. The highest BCUT2D eigenvalue weighted by Gasteiger charge is 2.34. The number of carbonyl (C=O) groups is 2. The molecular formula is C19H17ClF3N2O7P. The molecule has 178 valence electrons. The highest BCUT2D eigenvalue weighted by atomic mass is 35.5. The number of hydrogen-bond acceptors (Lipinski definition) is 7. The Morgan fingerprint density at radius 1 is 1.21 bits per heavy atom. The summed E-state index contributed by atoms with van der Waals surface area (Å²) in [5.74, 6) is -1.88. The van der Waals surface area contributed by atoms with Crippen molar-refractivity contribution in [3.05, 3.63) is 57.1 Å². The third kappa shape index (κ3) is 6.77.